The summed E-state index contributed by atoms with van der Waals surface area (Å²) in [6.45, 7) is 0. The summed E-state index contributed by atoms with van der Waals surface area (Å²) in [5, 5.41) is 17.4. The van der Waals surface area contributed by atoms with Crippen LogP contribution in [0.1, 0.15) is 5.56 Å². The van der Waals surface area contributed by atoms with Crippen LogP contribution < -0.4 is 0 Å². The van der Waals surface area contributed by atoms with Gasteiger partial charge in [-0.2, -0.15) is 5.26 Å². The summed E-state index contributed by atoms with van der Waals surface area (Å²) in [5.74, 6) is 0.154. The van der Waals surface area contributed by atoms with Crippen molar-refractivity contribution in [1.29, 1.82) is 5.26 Å². The smallest absolute Gasteiger partial charge is 0.160 e. The topological polar surface area (TPSA) is 61.1 Å². The molecule has 0 fully saturated rings. The number of phenolic OH excluding ortho intramolecular Hbond substituents is 1. The third-order valence-electron chi connectivity index (χ3n) is 1.47. The van der Waals surface area contributed by atoms with E-state index in [4.69, 9.17) is 10.4 Å². The molecule has 64 valence electrons. The Morgan fingerprint density at radius 3 is 2.46 bits per heavy atom. The maximum absolute atomic E-state index is 10.3. The lowest BCUT2D eigenvalue weighted by molar-refractivity contribution is -0.104. The highest BCUT2D eigenvalue weighted by Crippen LogP contribution is 2.11. The number of benzene rings is 1. The van der Waals surface area contributed by atoms with E-state index in [1.807, 2.05) is 0 Å². The van der Waals surface area contributed by atoms with Crippen molar-refractivity contribution in [2.24, 2.45) is 0 Å². The van der Waals surface area contributed by atoms with Crippen LogP contribution in [0.15, 0.2) is 29.8 Å². The van der Waals surface area contributed by atoms with Crippen LogP contribution in [0, 0.1) is 11.3 Å². The number of nitriles is 1. The van der Waals surface area contributed by atoms with E-state index in [1.54, 1.807) is 18.2 Å². The number of nitrogens with zero attached hydrogens (tertiary/aromatic N) is 1. The van der Waals surface area contributed by atoms with E-state index >= 15 is 0 Å². The summed E-state index contributed by atoms with van der Waals surface area (Å²) in [4.78, 5) is 10.3. The average molecular weight is 173 g/mol. The van der Waals surface area contributed by atoms with Crippen molar-refractivity contribution < 1.29 is 9.90 Å². The molecule has 0 spiro atoms. The Morgan fingerprint density at radius 2 is 2.00 bits per heavy atom. The van der Waals surface area contributed by atoms with Crippen LogP contribution in [-0.2, 0) is 4.79 Å². The summed E-state index contributed by atoms with van der Waals surface area (Å²) in [6.07, 6.45) is 1.94. The molecular formula is C10H7NO2. The quantitative estimate of drug-likeness (QED) is 0.418. The van der Waals surface area contributed by atoms with Crippen LogP contribution >= 0.6 is 0 Å². The molecule has 1 aromatic rings. The van der Waals surface area contributed by atoms with Gasteiger partial charge in [-0.1, -0.05) is 12.1 Å². The number of aldehydes is 1. The largest absolute Gasteiger partial charge is 0.508 e. The molecule has 0 aromatic heterocycles. The predicted octanol–water partition coefficient (Wildman–Crippen LogP) is 1.50. The van der Waals surface area contributed by atoms with E-state index in [2.05, 4.69) is 0 Å². The highest BCUT2D eigenvalue weighted by Gasteiger charge is 1.93. The number of rotatable bonds is 2. The van der Waals surface area contributed by atoms with E-state index in [1.165, 1.54) is 18.2 Å². The van der Waals surface area contributed by atoms with Gasteiger partial charge in [-0.25, -0.2) is 0 Å². The van der Waals surface area contributed by atoms with Gasteiger partial charge in [-0.05, 0) is 23.8 Å². The molecule has 0 saturated carbocycles. The van der Waals surface area contributed by atoms with E-state index in [-0.39, 0.29) is 11.3 Å². The van der Waals surface area contributed by atoms with E-state index < -0.39 is 0 Å². The minimum absolute atomic E-state index is 0.0608. The lowest BCUT2D eigenvalue weighted by Gasteiger charge is -1.93. The molecule has 0 bridgehead atoms. The third-order valence-corrected chi connectivity index (χ3v) is 1.47. The normalized spacial score (nSPS) is 10.5. The summed E-state index contributed by atoms with van der Waals surface area (Å²) in [5.41, 5.74) is 0.770. The number of allylic oxidation sites excluding steroid dienone is 1. The fourth-order valence-electron chi connectivity index (χ4n) is 0.843. The Bertz CT molecular complexity index is 371. The minimum atomic E-state index is 0.0608. The van der Waals surface area contributed by atoms with Gasteiger partial charge in [0.05, 0.1) is 5.57 Å². The number of aromatic hydroxyl groups is 1. The summed E-state index contributed by atoms with van der Waals surface area (Å²) < 4.78 is 0. The molecule has 0 radical (unpaired) electrons. The first kappa shape index (κ1) is 9.01. The van der Waals surface area contributed by atoms with Crippen LogP contribution in [0.2, 0.25) is 0 Å². The van der Waals surface area contributed by atoms with Crippen molar-refractivity contribution >= 4 is 12.4 Å². The Kier molecular flexibility index (Phi) is 2.82. The average Bonchev–Trinajstić information content (AvgIpc) is 2.17. The molecule has 0 atom stereocenters. The number of hydrogen-bond donors (Lipinski definition) is 1. The van der Waals surface area contributed by atoms with Gasteiger partial charge in [0.2, 0.25) is 0 Å². The van der Waals surface area contributed by atoms with E-state index in [0.717, 1.165) is 0 Å². The lowest BCUT2D eigenvalue weighted by Crippen LogP contribution is -1.79. The van der Waals surface area contributed by atoms with Crippen LogP contribution in [0.4, 0.5) is 0 Å². The molecule has 1 N–H and O–H groups in total. The Hall–Kier alpha value is -2.08. The summed E-state index contributed by atoms with van der Waals surface area (Å²) >= 11 is 0. The summed E-state index contributed by atoms with van der Waals surface area (Å²) in [7, 11) is 0. The Labute approximate surface area is 75.5 Å². The zero-order chi connectivity index (χ0) is 9.68. The second kappa shape index (κ2) is 4.07. The van der Waals surface area contributed by atoms with Gasteiger partial charge in [0.1, 0.15) is 11.8 Å². The van der Waals surface area contributed by atoms with Crippen LogP contribution in [-0.4, -0.2) is 11.4 Å². The standard InChI is InChI=1S/C10H7NO2/c11-6-9(7-12)5-8-1-3-10(13)4-2-8/h1-5,7,13H. The molecule has 0 saturated heterocycles. The maximum Gasteiger partial charge on any atom is 0.160 e. The van der Waals surface area contributed by atoms with Crippen LogP contribution in [0.5, 0.6) is 5.75 Å². The first-order chi connectivity index (χ1) is 6.26. The maximum atomic E-state index is 10.3. The second-order valence-corrected chi connectivity index (χ2v) is 2.42. The van der Waals surface area contributed by atoms with Gasteiger partial charge >= 0.3 is 0 Å². The van der Waals surface area contributed by atoms with Crippen LogP contribution in [0.3, 0.4) is 0 Å². The number of phenols is 1. The van der Waals surface area contributed by atoms with Crippen molar-refractivity contribution in [2.45, 2.75) is 0 Å². The fourth-order valence-corrected chi connectivity index (χ4v) is 0.843. The van der Waals surface area contributed by atoms with Crippen molar-refractivity contribution in [3.63, 3.8) is 0 Å². The molecule has 1 aromatic carbocycles. The second-order valence-electron chi connectivity index (χ2n) is 2.42. The number of carbonyl (C=O) groups excluding carboxylic acids is 1. The molecule has 13 heavy (non-hydrogen) atoms. The molecule has 3 heteroatoms. The molecular weight excluding hydrogens is 166 g/mol. The fraction of sp³-hybridized carbons (Fsp3) is 0. The van der Waals surface area contributed by atoms with Gasteiger partial charge in [0.25, 0.3) is 0 Å². The summed E-state index contributed by atoms with van der Waals surface area (Å²) in [6, 6.07) is 7.97. The monoisotopic (exact) mass is 173 g/mol. The highest BCUT2D eigenvalue weighted by atomic mass is 16.3. The van der Waals surface area contributed by atoms with Gasteiger partial charge in [-0.15, -0.1) is 0 Å². The molecule has 0 aliphatic rings. The van der Waals surface area contributed by atoms with Crippen LogP contribution in [0.25, 0.3) is 6.08 Å². The van der Waals surface area contributed by atoms with Gasteiger partial charge in [0.15, 0.2) is 6.29 Å². The third kappa shape index (κ3) is 2.46. The van der Waals surface area contributed by atoms with Crippen molar-refractivity contribution in [1.82, 2.24) is 0 Å². The van der Waals surface area contributed by atoms with Gasteiger partial charge in [0, 0.05) is 0 Å². The van der Waals surface area contributed by atoms with Crippen molar-refractivity contribution in [3.05, 3.63) is 35.4 Å². The predicted molar refractivity (Wildman–Crippen MR) is 47.8 cm³/mol. The first-order valence-electron chi connectivity index (χ1n) is 3.62. The Balaban J connectivity index is 2.98. The molecule has 0 heterocycles. The highest BCUT2D eigenvalue weighted by molar-refractivity contribution is 5.86. The number of hydrogen-bond acceptors (Lipinski definition) is 3. The van der Waals surface area contributed by atoms with Gasteiger partial charge in [-0.3, -0.25) is 4.79 Å². The molecule has 0 amide bonds. The van der Waals surface area contributed by atoms with Gasteiger partial charge < -0.3 is 5.11 Å². The minimum Gasteiger partial charge on any atom is -0.508 e. The van der Waals surface area contributed by atoms with E-state index in [9.17, 15) is 4.79 Å². The zero-order valence-corrected chi connectivity index (χ0v) is 6.77. The molecule has 0 unspecified atom stereocenters. The van der Waals surface area contributed by atoms with E-state index in [0.29, 0.717) is 11.8 Å². The molecule has 1 rings (SSSR count). The first-order valence-corrected chi connectivity index (χ1v) is 3.62. The van der Waals surface area contributed by atoms with Crippen molar-refractivity contribution in [3.8, 4) is 11.8 Å². The number of carbonyl (C=O) groups is 1. The Morgan fingerprint density at radius 1 is 1.38 bits per heavy atom. The molecule has 0 aliphatic carbocycles. The zero-order valence-electron chi connectivity index (χ0n) is 6.77. The molecule has 0 aliphatic heterocycles. The lowest BCUT2D eigenvalue weighted by atomic mass is 10.1. The molecule has 3 nitrogen and oxygen atoms in total. The van der Waals surface area contributed by atoms with Crippen molar-refractivity contribution in [2.75, 3.05) is 0 Å². The SMILES string of the molecule is N#CC(C=O)=Cc1ccc(O)cc1.